The van der Waals surface area contributed by atoms with E-state index in [1.54, 1.807) is 0 Å². The van der Waals surface area contributed by atoms with Crippen molar-refractivity contribution in [1.82, 2.24) is 9.78 Å². The van der Waals surface area contributed by atoms with Crippen LogP contribution in [0.2, 0.25) is 0 Å². The van der Waals surface area contributed by atoms with E-state index in [9.17, 15) is 9.18 Å². The molecule has 1 aliphatic carbocycles. The van der Waals surface area contributed by atoms with Crippen LogP contribution in [0.15, 0.2) is 64.8 Å². The highest BCUT2D eigenvalue weighted by atomic mass is 19.1. The predicted octanol–water partition coefficient (Wildman–Crippen LogP) is 5.25. The van der Waals surface area contributed by atoms with E-state index in [1.165, 1.54) is 28.9 Å². The van der Waals surface area contributed by atoms with Crippen LogP contribution < -0.4 is 0 Å². The summed E-state index contributed by atoms with van der Waals surface area (Å²) in [7, 11) is 0. The summed E-state index contributed by atoms with van der Waals surface area (Å²) >= 11 is 0. The maximum Gasteiger partial charge on any atom is 0.278 e. The van der Waals surface area contributed by atoms with Crippen LogP contribution in [-0.2, 0) is 12.8 Å². The molecule has 0 spiro atoms. The number of aromatic nitrogens is 2. The van der Waals surface area contributed by atoms with Gasteiger partial charge in [0.1, 0.15) is 11.5 Å². The fraction of sp³-hybridized carbons (Fsp3) is 0.238. The summed E-state index contributed by atoms with van der Waals surface area (Å²) in [5, 5.41) is 13.2. The van der Waals surface area contributed by atoms with Crippen molar-refractivity contribution in [3.8, 4) is 0 Å². The van der Waals surface area contributed by atoms with Crippen molar-refractivity contribution < 1.29 is 9.18 Å². The van der Waals surface area contributed by atoms with Crippen LogP contribution in [0, 0.1) is 11.2 Å². The number of hydrogen-bond donors (Lipinski definition) is 0. The third-order valence-electron chi connectivity index (χ3n) is 4.62. The molecule has 6 heteroatoms. The molecule has 0 N–H and O–H groups in total. The highest BCUT2D eigenvalue weighted by molar-refractivity contribution is 5.96. The summed E-state index contributed by atoms with van der Waals surface area (Å²) < 4.78 is 14.6. The minimum atomic E-state index is -0.379. The number of azo groups is 1. The molecule has 0 radical (unpaired) electrons. The van der Waals surface area contributed by atoms with Gasteiger partial charge < -0.3 is 0 Å². The average molecular weight is 362 g/mol. The van der Waals surface area contributed by atoms with E-state index in [0.717, 1.165) is 17.1 Å². The van der Waals surface area contributed by atoms with E-state index in [-0.39, 0.29) is 17.1 Å². The SMILES string of the molecule is CC1(C)Cc2nn(C(=O)c3ccc(F)cc3)c(c2N=Nc2ccccc2)C1. The molecule has 0 fully saturated rings. The second kappa shape index (κ2) is 6.54. The Labute approximate surface area is 156 Å². The molecule has 4 rings (SSSR count). The molecular weight excluding hydrogens is 343 g/mol. The number of hydrogen-bond acceptors (Lipinski definition) is 4. The zero-order chi connectivity index (χ0) is 19.0. The highest BCUT2D eigenvalue weighted by Crippen LogP contribution is 2.41. The highest BCUT2D eigenvalue weighted by Gasteiger charge is 2.35. The van der Waals surface area contributed by atoms with Crippen molar-refractivity contribution in [3.05, 3.63) is 77.4 Å². The average Bonchev–Trinajstić information content (AvgIpc) is 2.88. The first kappa shape index (κ1) is 17.3. The van der Waals surface area contributed by atoms with Gasteiger partial charge in [0.2, 0.25) is 0 Å². The molecule has 1 aromatic heterocycles. The smallest absolute Gasteiger partial charge is 0.267 e. The van der Waals surface area contributed by atoms with Gasteiger partial charge in [-0.1, -0.05) is 32.0 Å². The number of rotatable bonds is 3. The lowest BCUT2D eigenvalue weighted by atomic mass is 9.79. The van der Waals surface area contributed by atoms with E-state index in [4.69, 9.17) is 0 Å². The van der Waals surface area contributed by atoms with Crippen molar-refractivity contribution in [3.63, 3.8) is 0 Å². The van der Waals surface area contributed by atoms with Crippen LogP contribution in [0.5, 0.6) is 0 Å². The van der Waals surface area contributed by atoms with Crippen LogP contribution >= 0.6 is 0 Å². The third-order valence-corrected chi connectivity index (χ3v) is 4.62. The molecule has 1 heterocycles. The standard InChI is InChI=1S/C21H19FN4O/c1-21(2)12-17-19(24-23-16-6-4-3-5-7-16)18(13-21)26(25-17)20(27)14-8-10-15(22)11-9-14/h3-11H,12-13H2,1-2H3. The van der Waals surface area contributed by atoms with Crippen molar-refractivity contribution in [2.75, 3.05) is 0 Å². The Morgan fingerprint density at radius 1 is 1.04 bits per heavy atom. The Hall–Kier alpha value is -3.15. The molecule has 2 bridgehead atoms. The molecule has 0 unspecified atom stereocenters. The predicted molar refractivity (Wildman–Crippen MR) is 100 cm³/mol. The van der Waals surface area contributed by atoms with Gasteiger partial charge in [-0.2, -0.15) is 14.9 Å². The normalized spacial score (nSPS) is 15.2. The van der Waals surface area contributed by atoms with Gasteiger partial charge in [-0.25, -0.2) is 4.39 Å². The Balaban J connectivity index is 1.75. The molecule has 3 aromatic rings. The van der Waals surface area contributed by atoms with Crippen LogP contribution in [0.25, 0.3) is 0 Å². The van der Waals surface area contributed by atoms with Crippen LogP contribution in [0.4, 0.5) is 15.8 Å². The summed E-state index contributed by atoms with van der Waals surface area (Å²) in [5.74, 6) is -0.666. The fourth-order valence-corrected chi connectivity index (χ4v) is 3.34. The van der Waals surface area contributed by atoms with Crippen molar-refractivity contribution in [2.24, 2.45) is 15.6 Å². The fourth-order valence-electron chi connectivity index (χ4n) is 3.34. The third kappa shape index (κ3) is 3.43. The van der Waals surface area contributed by atoms with Gasteiger partial charge in [0, 0.05) is 5.56 Å². The van der Waals surface area contributed by atoms with Crippen molar-refractivity contribution in [2.45, 2.75) is 26.7 Å². The maximum atomic E-state index is 13.2. The maximum absolute atomic E-state index is 13.2. The summed E-state index contributed by atoms with van der Waals surface area (Å²) in [6.07, 6.45) is 1.38. The molecule has 0 atom stereocenters. The number of carbonyl (C=O) groups is 1. The van der Waals surface area contributed by atoms with Gasteiger partial charge in [0.05, 0.1) is 17.1 Å². The van der Waals surface area contributed by atoms with Crippen LogP contribution in [-0.4, -0.2) is 15.7 Å². The van der Waals surface area contributed by atoms with Gasteiger partial charge in [-0.3, -0.25) is 4.79 Å². The molecule has 136 valence electrons. The molecule has 2 aromatic carbocycles. The van der Waals surface area contributed by atoms with Crippen molar-refractivity contribution >= 4 is 17.3 Å². The molecule has 27 heavy (non-hydrogen) atoms. The first-order valence-electron chi connectivity index (χ1n) is 8.81. The molecule has 5 nitrogen and oxygen atoms in total. The van der Waals surface area contributed by atoms with Gasteiger partial charge in [0.15, 0.2) is 0 Å². The van der Waals surface area contributed by atoms with Crippen LogP contribution in [0.1, 0.15) is 35.6 Å². The summed E-state index contributed by atoms with van der Waals surface area (Å²) in [6.45, 7) is 4.28. The molecule has 1 aliphatic rings. The monoisotopic (exact) mass is 362 g/mol. The summed E-state index contributed by atoms with van der Waals surface area (Å²) in [6, 6.07) is 14.9. The first-order chi connectivity index (χ1) is 12.9. The number of nitrogens with zero attached hydrogens (tertiary/aromatic N) is 4. The topological polar surface area (TPSA) is 59.6 Å². The van der Waals surface area contributed by atoms with Gasteiger partial charge >= 0.3 is 0 Å². The molecular formula is C21H19FN4O. The Morgan fingerprint density at radius 3 is 2.44 bits per heavy atom. The Morgan fingerprint density at radius 2 is 1.74 bits per heavy atom. The zero-order valence-corrected chi connectivity index (χ0v) is 15.2. The number of fused-ring (bicyclic) bond motifs is 2. The minimum absolute atomic E-state index is 0.0161. The molecule has 0 saturated carbocycles. The largest absolute Gasteiger partial charge is 0.278 e. The minimum Gasteiger partial charge on any atom is -0.267 e. The Kier molecular flexibility index (Phi) is 4.18. The van der Waals surface area contributed by atoms with E-state index in [0.29, 0.717) is 24.1 Å². The quantitative estimate of drug-likeness (QED) is 0.597. The number of halogens is 1. The van der Waals surface area contributed by atoms with E-state index < -0.39 is 0 Å². The van der Waals surface area contributed by atoms with E-state index in [2.05, 4.69) is 29.2 Å². The number of benzene rings is 2. The number of carbonyl (C=O) groups excluding carboxylic acids is 1. The second-order valence-electron chi connectivity index (χ2n) is 7.52. The van der Waals surface area contributed by atoms with Crippen LogP contribution in [0.3, 0.4) is 0 Å². The lowest BCUT2D eigenvalue weighted by Crippen LogP contribution is -2.23. The zero-order valence-electron chi connectivity index (χ0n) is 15.2. The molecule has 0 aliphatic heterocycles. The van der Waals surface area contributed by atoms with E-state index >= 15 is 0 Å². The van der Waals surface area contributed by atoms with Gasteiger partial charge in [0.25, 0.3) is 5.91 Å². The lowest BCUT2D eigenvalue weighted by molar-refractivity contribution is 0.0941. The molecule has 0 saturated heterocycles. The summed E-state index contributed by atoms with van der Waals surface area (Å²) in [4.78, 5) is 12.9. The van der Waals surface area contributed by atoms with Gasteiger partial charge in [-0.15, -0.1) is 5.11 Å². The molecule has 0 amide bonds. The van der Waals surface area contributed by atoms with Crippen molar-refractivity contribution in [1.29, 1.82) is 0 Å². The second-order valence-corrected chi connectivity index (χ2v) is 7.52. The first-order valence-corrected chi connectivity index (χ1v) is 8.81. The Bertz CT molecular complexity index is 1020. The van der Waals surface area contributed by atoms with E-state index in [1.807, 2.05) is 30.3 Å². The summed E-state index contributed by atoms with van der Waals surface area (Å²) in [5.41, 5.74) is 3.28. The lowest BCUT2D eigenvalue weighted by Gasteiger charge is -2.26. The van der Waals surface area contributed by atoms with Gasteiger partial charge in [-0.05, 0) is 54.7 Å².